The predicted molar refractivity (Wildman–Crippen MR) is 72.3 cm³/mol. The fourth-order valence-corrected chi connectivity index (χ4v) is 1.87. The molecule has 1 unspecified atom stereocenters. The fourth-order valence-electron chi connectivity index (χ4n) is 1.67. The van der Waals surface area contributed by atoms with E-state index in [-0.39, 0.29) is 0 Å². The second-order valence-corrected chi connectivity index (χ2v) is 4.88. The Morgan fingerprint density at radius 2 is 2.12 bits per heavy atom. The Balaban J connectivity index is 2.39. The number of halogens is 1. The quantitative estimate of drug-likeness (QED) is 0.792. The SMILES string of the molecule is CCCNC(C)CCc1ccc(C)c(Cl)c1. The van der Waals surface area contributed by atoms with Crippen LogP contribution in [0.15, 0.2) is 18.2 Å². The lowest BCUT2D eigenvalue weighted by atomic mass is 10.0. The maximum absolute atomic E-state index is 6.10. The summed E-state index contributed by atoms with van der Waals surface area (Å²) in [7, 11) is 0. The molecule has 1 nitrogen and oxygen atoms in total. The second kappa shape index (κ2) is 6.93. The molecule has 0 radical (unpaired) electrons. The number of hydrogen-bond donors (Lipinski definition) is 1. The molecule has 0 heterocycles. The van der Waals surface area contributed by atoms with Crippen molar-refractivity contribution in [2.24, 2.45) is 0 Å². The first-order valence-corrected chi connectivity index (χ1v) is 6.49. The number of rotatable bonds is 6. The van der Waals surface area contributed by atoms with Crippen molar-refractivity contribution in [3.63, 3.8) is 0 Å². The molecule has 0 aliphatic rings. The Bertz CT molecular complexity index is 323. The molecule has 0 saturated heterocycles. The third kappa shape index (κ3) is 4.54. The van der Waals surface area contributed by atoms with Crippen LogP contribution in [0, 0.1) is 6.92 Å². The van der Waals surface area contributed by atoms with Gasteiger partial charge < -0.3 is 5.32 Å². The van der Waals surface area contributed by atoms with Crippen molar-refractivity contribution < 1.29 is 0 Å². The van der Waals surface area contributed by atoms with Gasteiger partial charge in [-0.2, -0.15) is 0 Å². The van der Waals surface area contributed by atoms with E-state index in [1.807, 2.05) is 6.92 Å². The van der Waals surface area contributed by atoms with Crippen LogP contribution in [0.1, 0.15) is 37.8 Å². The van der Waals surface area contributed by atoms with Crippen LogP contribution in [0.3, 0.4) is 0 Å². The van der Waals surface area contributed by atoms with Crippen molar-refractivity contribution in [2.75, 3.05) is 6.54 Å². The van der Waals surface area contributed by atoms with E-state index in [9.17, 15) is 0 Å². The molecule has 2 heteroatoms. The summed E-state index contributed by atoms with van der Waals surface area (Å²) in [6.07, 6.45) is 3.46. The summed E-state index contributed by atoms with van der Waals surface area (Å²) in [5.41, 5.74) is 2.49. The summed E-state index contributed by atoms with van der Waals surface area (Å²) in [5, 5.41) is 4.38. The van der Waals surface area contributed by atoms with Crippen molar-refractivity contribution >= 4 is 11.6 Å². The van der Waals surface area contributed by atoms with Crippen molar-refractivity contribution in [2.45, 2.75) is 46.1 Å². The lowest BCUT2D eigenvalue weighted by Crippen LogP contribution is -2.27. The van der Waals surface area contributed by atoms with Crippen LogP contribution in [-0.4, -0.2) is 12.6 Å². The van der Waals surface area contributed by atoms with Crippen LogP contribution in [0.5, 0.6) is 0 Å². The highest BCUT2D eigenvalue weighted by molar-refractivity contribution is 6.31. The number of aryl methyl sites for hydroxylation is 2. The zero-order chi connectivity index (χ0) is 12.0. The summed E-state index contributed by atoms with van der Waals surface area (Å²) in [6.45, 7) is 7.58. The molecular formula is C14H22ClN. The molecule has 0 aromatic heterocycles. The van der Waals surface area contributed by atoms with E-state index in [2.05, 4.69) is 37.4 Å². The topological polar surface area (TPSA) is 12.0 Å². The molecule has 0 fully saturated rings. The van der Waals surface area contributed by atoms with E-state index >= 15 is 0 Å². The van der Waals surface area contributed by atoms with E-state index in [0.29, 0.717) is 6.04 Å². The number of hydrogen-bond acceptors (Lipinski definition) is 1. The molecule has 1 rings (SSSR count). The molecule has 0 bridgehead atoms. The van der Waals surface area contributed by atoms with E-state index in [1.54, 1.807) is 0 Å². The van der Waals surface area contributed by atoms with Gasteiger partial charge in [0.2, 0.25) is 0 Å². The van der Waals surface area contributed by atoms with Gasteiger partial charge in [-0.1, -0.05) is 30.7 Å². The molecule has 0 spiro atoms. The molecule has 90 valence electrons. The van der Waals surface area contributed by atoms with E-state index in [4.69, 9.17) is 11.6 Å². The monoisotopic (exact) mass is 239 g/mol. The van der Waals surface area contributed by atoms with Gasteiger partial charge in [0.25, 0.3) is 0 Å². The summed E-state index contributed by atoms with van der Waals surface area (Å²) in [6, 6.07) is 6.94. The van der Waals surface area contributed by atoms with Crippen molar-refractivity contribution in [1.82, 2.24) is 5.32 Å². The van der Waals surface area contributed by atoms with Crippen molar-refractivity contribution in [1.29, 1.82) is 0 Å². The first kappa shape index (κ1) is 13.5. The third-order valence-electron chi connectivity index (χ3n) is 2.85. The standard InChI is InChI=1S/C14H22ClN/c1-4-9-16-12(3)6-8-13-7-5-11(2)14(15)10-13/h5,7,10,12,16H,4,6,8-9H2,1-3H3. The largest absolute Gasteiger partial charge is 0.314 e. The third-order valence-corrected chi connectivity index (χ3v) is 3.25. The summed E-state index contributed by atoms with van der Waals surface area (Å²) >= 11 is 6.10. The van der Waals surface area contributed by atoms with Crippen LogP contribution in [0.4, 0.5) is 0 Å². The van der Waals surface area contributed by atoms with Crippen LogP contribution in [0.2, 0.25) is 5.02 Å². The maximum Gasteiger partial charge on any atom is 0.0437 e. The Hall–Kier alpha value is -0.530. The van der Waals surface area contributed by atoms with Crippen LogP contribution in [0.25, 0.3) is 0 Å². The minimum atomic E-state index is 0.583. The average Bonchev–Trinajstić information content (AvgIpc) is 2.28. The first-order chi connectivity index (χ1) is 7.63. The van der Waals surface area contributed by atoms with Gasteiger partial charge >= 0.3 is 0 Å². The van der Waals surface area contributed by atoms with E-state index in [1.165, 1.54) is 18.4 Å². The van der Waals surface area contributed by atoms with Crippen molar-refractivity contribution in [3.05, 3.63) is 34.3 Å². The Labute approximate surface area is 104 Å². The zero-order valence-corrected chi connectivity index (χ0v) is 11.3. The average molecular weight is 240 g/mol. The zero-order valence-electron chi connectivity index (χ0n) is 10.5. The Morgan fingerprint density at radius 1 is 1.38 bits per heavy atom. The lowest BCUT2D eigenvalue weighted by molar-refractivity contribution is 0.514. The van der Waals surface area contributed by atoms with E-state index in [0.717, 1.165) is 23.6 Å². The van der Waals surface area contributed by atoms with Crippen LogP contribution in [-0.2, 0) is 6.42 Å². The molecule has 1 atom stereocenters. The lowest BCUT2D eigenvalue weighted by Gasteiger charge is -2.13. The van der Waals surface area contributed by atoms with Gasteiger partial charge in [-0.3, -0.25) is 0 Å². The van der Waals surface area contributed by atoms with Crippen LogP contribution >= 0.6 is 11.6 Å². The maximum atomic E-state index is 6.10. The highest BCUT2D eigenvalue weighted by Crippen LogP contribution is 2.17. The van der Waals surface area contributed by atoms with Crippen LogP contribution < -0.4 is 5.32 Å². The molecule has 1 aromatic rings. The van der Waals surface area contributed by atoms with Crippen molar-refractivity contribution in [3.8, 4) is 0 Å². The van der Waals surface area contributed by atoms with Gasteiger partial charge in [0.15, 0.2) is 0 Å². The van der Waals surface area contributed by atoms with Gasteiger partial charge in [0.1, 0.15) is 0 Å². The van der Waals surface area contributed by atoms with Gasteiger partial charge in [-0.25, -0.2) is 0 Å². The molecule has 0 aliphatic heterocycles. The van der Waals surface area contributed by atoms with Gasteiger partial charge in [0.05, 0.1) is 0 Å². The van der Waals surface area contributed by atoms with E-state index < -0.39 is 0 Å². The molecule has 0 amide bonds. The summed E-state index contributed by atoms with van der Waals surface area (Å²) in [4.78, 5) is 0. The Kier molecular flexibility index (Phi) is 5.86. The normalized spacial score (nSPS) is 12.8. The smallest absolute Gasteiger partial charge is 0.0437 e. The van der Waals surface area contributed by atoms with Gasteiger partial charge in [-0.15, -0.1) is 0 Å². The minimum absolute atomic E-state index is 0.583. The molecule has 0 saturated carbocycles. The molecule has 0 aliphatic carbocycles. The minimum Gasteiger partial charge on any atom is -0.314 e. The summed E-state index contributed by atoms with van der Waals surface area (Å²) < 4.78 is 0. The van der Waals surface area contributed by atoms with Gasteiger partial charge in [0, 0.05) is 11.1 Å². The number of nitrogens with one attached hydrogen (secondary N) is 1. The highest BCUT2D eigenvalue weighted by Gasteiger charge is 2.02. The van der Waals surface area contributed by atoms with Gasteiger partial charge in [-0.05, 0) is 56.8 Å². The Morgan fingerprint density at radius 3 is 2.75 bits per heavy atom. The predicted octanol–water partition coefficient (Wildman–Crippen LogP) is 3.97. The first-order valence-electron chi connectivity index (χ1n) is 6.12. The molecule has 1 aromatic carbocycles. The molecule has 16 heavy (non-hydrogen) atoms. The summed E-state index contributed by atoms with van der Waals surface area (Å²) in [5.74, 6) is 0. The highest BCUT2D eigenvalue weighted by atomic mass is 35.5. The molecule has 1 N–H and O–H groups in total. The second-order valence-electron chi connectivity index (χ2n) is 4.48. The number of benzene rings is 1. The fraction of sp³-hybridized carbons (Fsp3) is 0.571. The molecular weight excluding hydrogens is 218 g/mol.